The number of carbonyl (C=O) groups is 1. The molecule has 0 aliphatic rings. The summed E-state index contributed by atoms with van der Waals surface area (Å²) in [5.74, 6) is 1.05. The second-order valence-electron chi connectivity index (χ2n) is 5.80. The van der Waals surface area contributed by atoms with Gasteiger partial charge < -0.3 is 14.6 Å². The van der Waals surface area contributed by atoms with Crippen LogP contribution in [0.25, 0.3) is 0 Å². The van der Waals surface area contributed by atoms with Gasteiger partial charge >= 0.3 is 0 Å². The first-order chi connectivity index (χ1) is 11.0. The molecule has 1 aromatic carbocycles. The van der Waals surface area contributed by atoms with Crippen molar-refractivity contribution in [2.45, 2.75) is 26.9 Å². The van der Waals surface area contributed by atoms with Crippen molar-refractivity contribution in [3.05, 3.63) is 64.6 Å². The number of amides is 1. The van der Waals surface area contributed by atoms with E-state index in [1.165, 1.54) is 10.6 Å². The van der Waals surface area contributed by atoms with E-state index in [9.17, 15) is 9.59 Å². The normalized spacial score (nSPS) is 10.6. The van der Waals surface area contributed by atoms with Crippen LogP contribution in [0.5, 0.6) is 5.75 Å². The highest BCUT2D eigenvalue weighted by Crippen LogP contribution is 2.14. The van der Waals surface area contributed by atoms with Gasteiger partial charge in [-0.25, -0.2) is 0 Å². The topological polar surface area (TPSA) is 60.3 Å². The van der Waals surface area contributed by atoms with Crippen molar-refractivity contribution >= 4 is 5.91 Å². The van der Waals surface area contributed by atoms with E-state index in [1.807, 2.05) is 24.3 Å². The third kappa shape index (κ3) is 5.62. The molecule has 5 heteroatoms. The Kier molecular flexibility index (Phi) is 5.97. The second kappa shape index (κ2) is 8.17. The average molecular weight is 314 g/mol. The van der Waals surface area contributed by atoms with E-state index < -0.39 is 0 Å². The Hall–Kier alpha value is -2.56. The van der Waals surface area contributed by atoms with Crippen LogP contribution in [0.2, 0.25) is 0 Å². The Labute approximate surface area is 135 Å². The van der Waals surface area contributed by atoms with Crippen molar-refractivity contribution in [3.63, 3.8) is 0 Å². The molecule has 0 saturated heterocycles. The minimum absolute atomic E-state index is 0.0171. The molecule has 0 radical (unpaired) electrons. The molecule has 1 N–H and O–H groups in total. The summed E-state index contributed by atoms with van der Waals surface area (Å²) < 4.78 is 7.04. The van der Waals surface area contributed by atoms with E-state index in [-0.39, 0.29) is 18.0 Å². The molecule has 0 unspecified atom stereocenters. The monoisotopic (exact) mass is 314 g/mol. The summed E-state index contributed by atoms with van der Waals surface area (Å²) in [5, 5.41) is 2.81. The van der Waals surface area contributed by atoms with Gasteiger partial charge in [-0.1, -0.05) is 32.0 Å². The summed E-state index contributed by atoms with van der Waals surface area (Å²) in [5.41, 5.74) is 0.770. The summed E-state index contributed by atoms with van der Waals surface area (Å²) in [7, 11) is 0. The minimum atomic E-state index is -0.202. The number of hydrogen-bond acceptors (Lipinski definition) is 3. The van der Waals surface area contributed by atoms with Crippen molar-refractivity contribution in [3.8, 4) is 5.75 Å². The maximum Gasteiger partial charge on any atom is 0.250 e. The van der Waals surface area contributed by atoms with Crippen LogP contribution in [0.15, 0.2) is 53.5 Å². The summed E-state index contributed by atoms with van der Waals surface area (Å²) in [6.45, 7) is 5.26. The molecule has 1 heterocycles. The van der Waals surface area contributed by atoms with Gasteiger partial charge in [-0.3, -0.25) is 9.59 Å². The molecule has 0 aliphatic carbocycles. The van der Waals surface area contributed by atoms with Gasteiger partial charge in [0.15, 0.2) is 0 Å². The van der Waals surface area contributed by atoms with Gasteiger partial charge in [0.1, 0.15) is 12.3 Å². The van der Waals surface area contributed by atoms with Crippen LogP contribution in [0.1, 0.15) is 19.4 Å². The highest BCUT2D eigenvalue weighted by molar-refractivity contribution is 5.75. The lowest BCUT2D eigenvalue weighted by Gasteiger charge is -2.11. The molecule has 1 amide bonds. The molecular formula is C18H22N2O3. The van der Waals surface area contributed by atoms with Gasteiger partial charge in [-0.15, -0.1) is 0 Å². The van der Waals surface area contributed by atoms with E-state index in [2.05, 4.69) is 19.2 Å². The Morgan fingerprint density at radius 3 is 2.78 bits per heavy atom. The summed E-state index contributed by atoms with van der Waals surface area (Å²) in [6, 6.07) is 12.5. The smallest absolute Gasteiger partial charge is 0.250 e. The molecule has 0 saturated carbocycles. The molecule has 122 valence electrons. The molecule has 0 bridgehead atoms. The number of nitrogens with zero attached hydrogens (tertiary/aromatic N) is 1. The van der Waals surface area contributed by atoms with Gasteiger partial charge in [0.05, 0.1) is 6.61 Å². The number of hydrogen-bond donors (Lipinski definition) is 1. The molecule has 23 heavy (non-hydrogen) atoms. The molecule has 0 atom stereocenters. The highest BCUT2D eigenvalue weighted by atomic mass is 16.5. The Morgan fingerprint density at radius 2 is 2.04 bits per heavy atom. The van der Waals surface area contributed by atoms with Crippen molar-refractivity contribution in [2.24, 2.45) is 5.92 Å². The SMILES string of the molecule is CC(C)COc1cccc(CNC(=O)Cn2ccccc2=O)c1. The summed E-state index contributed by atoms with van der Waals surface area (Å²) in [4.78, 5) is 23.5. The number of nitrogens with one attached hydrogen (secondary N) is 1. The van der Waals surface area contributed by atoms with Crippen LogP contribution in [-0.4, -0.2) is 17.1 Å². The molecule has 2 aromatic rings. The number of carbonyl (C=O) groups excluding carboxylic acids is 1. The quantitative estimate of drug-likeness (QED) is 0.852. The fourth-order valence-electron chi connectivity index (χ4n) is 2.01. The zero-order valence-corrected chi connectivity index (χ0v) is 13.5. The van der Waals surface area contributed by atoms with Gasteiger partial charge in [0.25, 0.3) is 5.56 Å². The highest BCUT2D eigenvalue weighted by Gasteiger charge is 2.05. The minimum Gasteiger partial charge on any atom is -0.493 e. The number of pyridine rings is 1. The Bertz CT molecular complexity index is 707. The third-order valence-corrected chi connectivity index (χ3v) is 3.18. The Balaban J connectivity index is 1.88. The van der Waals surface area contributed by atoms with E-state index in [1.54, 1.807) is 18.3 Å². The molecule has 2 rings (SSSR count). The van der Waals surface area contributed by atoms with Gasteiger partial charge in [-0.05, 0) is 29.7 Å². The summed E-state index contributed by atoms with van der Waals surface area (Å²) in [6.07, 6.45) is 1.60. The van der Waals surface area contributed by atoms with E-state index in [0.29, 0.717) is 19.1 Å². The van der Waals surface area contributed by atoms with E-state index in [0.717, 1.165) is 11.3 Å². The maximum absolute atomic E-state index is 11.9. The first kappa shape index (κ1) is 16.8. The second-order valence-corrected chi connectivity index (χ2v) is 5.80. The van der Waals surface area contributed by atoms with Crippen LogP contribution in [0.3, 0.4) is 0 Å². The zero-order chi connectivity index (χ0) is 16.7. The predicted octanol–water partition coefficient (Wildman–Crippen LogP) is 2.20. The number of ether oxygens (including phenoxy) is 1. The molecule has 0 spiro atoms. The van der Waals surface area contributed by atoms with Crippen LogP contribution in [0.4, 0.5) is 0 Å². The van der Waals surface area contributed by atoms with Crippen LogP contribution < -0.4 is 15.6 Å². The van der Waals surface area contributed by atoms with Gasteiger partial charge in [-0.2, -0.15) is 0 Å². The average Bonchev–Trinajstić information content (AvgIpc) is 2.54. The first-order valence-corrected chi connectivity index (χ1v) is 7.68. The van der Waals surface area contributed by atoms with E-state index in [4.69, 9.17) is 4.74 Å². The molecule has 0 fully saturated rings. The summed E-state index contributed by atoms with van der Waals surface area (Å²) >= 11 is 0. The van der Waals surface area contributed by atoms with Crippen molar-refractivity contribution in [1.82, 2.24) is 9.88 Å². The lowest BCUT2D eigenvalue weighted by molar-refractivity contribution is -0.121. The number of rotatable bonds is 7. The first-order valence-electron chi connectivity index (χ1n) is 7.68. The zero-order valence-electron chi connectivity index (χ0n) is 13.5. The van der Waals surface area contributed by atoms with Crippen molar-refractivity contribution < 1.29 is 9.53 Å². The molecule has 1 aromatic heterocycles. The van der Waals surface area contributed by atoms with Gasteiger partial charge in [0, 0.05) is 18.8 Å². The van der Waals surface area contributed by atoms with Crippen molar-refractivity contribution in [1.29, 1.82) is 0 Å². The van der Waals surface area contributed by atoms with Gasteiger partial charge in [0.2, 0.25) is 5.91 Å². The third-order valence-electron chi connectivity index (χ3n) is 3.18. The fourth-order valence-corrected chi connectivity index (χ4v) is 2.01. The maximum atomic E-state index is 11.9. The lowest BCUT2D eigenvalue weighted by Crippen LogP contribution is -2.31. The predicted molar refractivity (Wildman–Crippen MR) is 89.3 cm³/mol. The Morgan fingerprint density at radius 1 is 1.22 bits per heavy atom. The molecular weight excluding hydrogens is 292 g/mol. The number of aromatic nitrogens is 1. The van der Waals surface area contributed by atoms with Crippen LogP contribution in [-0.2, 0) is 17.9 Å². The number of benzene rings is 1. The van der Waals surface area contributed by atoms with Crippen LogP contribution in [0, 0.1) is 5.92 Å². The molecule has 0 aliphatic heterocycles. The molecule has 5 nitrogen and oxygen atoms in total. The van der Waals surface area contributed by atoms with Crippen molar-refractivity contribution in [2.75, 3.05) is 6.61 Å². The standard InChI is InChI=1S/C18H22N2O3/c1-14(2)13-23-16-7-5-6-15(10-16)11-19-17(21)12-20-9-4-3-8-18(20)22/h3-10,14H,11-13H2,1-2H3,(H,19,21). The van der Waals surface area contributed by atoms with Crippen LogP contribution >= 0.6 is 0 Å². The van der Waals surface area contributed by atoms with E-state index >= 15 is 0 Å². The lowest BCUT2D eigenvalue weighted by atomic mass is 10.2. The largest absolute Gasteiger partial charge is 0.493 e. The fraction of sp³-hybridized carbons (Fsp3) is 0.333.